The maximum Gasteiger partial charge on any atom is 0.319 e. The van der Waals surface area contributed by atoms with Crippen LogP contribution in [-0.4, -0.2) is 62.0 Å². The van der Waals surface area contributed by atoms with Crippen LogP contribution in [0, 0.1) is 0 Å². The standard InChI is InChI=1S/C12H23N3O4/c1-9(2)15(8-12(18)19-4)7-11(17)14-6-5-13-10(3)16/h9H,5-8H2,1-4H3,(H,13,16)(H,14,17). The topological polar surface area (TPSA) is 87.7 Å². The fraction of sp³-hybridized carbons (Fsp3) is 0.750. The zero-order valence-corrected chi connectivity index (χ0v) is 12.0. The maximum atomic E-state index is 11.7. The van der Waals surface area contributed by atoms with Gasteiger partial charge in [0.15, 0.2) is 0 Å². The van der Waals surface area contributed by atoms with Crippen LogP contribution in [0.1, 0.15) is 20.8 Å². The van der Waals surface area contributed by atoms with Crippen molar-refractivity contribution in [3.05, 3.63) is 0 Å². The first-order valence-electron chi connectivity index (χ1n) is 6.18. The molecule has 0 radical (unpaired) electrons. The highest BCUT2D eigenvalue weighted by atomic mass is 16.5. The minimum Gasteiger partial charge on any atom is -0.468 e. The fourth-order valence-electron chi connectivity index (χ4n) is 1.33. The lowest BCUT2D eigenvalue weighted by atomic mass is 10.3. The summed E-state index contributed by atoms with van der Waals surface area (Å²) in [5.74, 6) is -0.702. The molecule has 0 rings (SSSR count). The van der Waals surface area contributed by atoms with Gasteiger partial charge in [0.05, 0.1) is 20.2 Å². The predicted molar refractivity (Wildman–Crippen MR) is 70.4 cm³/mol. The monoisotopic (exact) mass is 273 g/mol. The molecule has 0 saturated heterocycles. The second-order valence-electron chi connectivity index (χ2n) is 4.41. The summed E-state index contributed by atoms with van der Waals surface area (Å²) >= 11 is 0. The zero-order chi connectivity index (χ0) is 14.8. The number of amides is 2. The number of carbonyl (C=O) groups is 3. The third-order valence-corrected chi connectivity index (χ3v) is 2.46. The second-order valence-corrected chi connectivity index (χ2v) is 4.41. The summed E-state index contributed by atoms with van der Waals surface area (Å²) in [5, 5.41) is 5.24. The molecule has 0 aromatic carbocycles. The Morgan fingerprint density at radius 3 is 2.16 bits per heavy atom. The lowest BCUT2D eigenvalue weighted by Crippen LogP contribution is -2.44. The molecule has 0 unspecified atom stereocenters. The average Bonchev–Trinajstić information content (AvgIpc) is 2.33. The third kappa shape index (κ3) is 9.01. The molecule has 110 valence electrons. The highest BCUT2D eigenvalue weighted by Crippen LogP contribution is 1.97. The van der Waals surface area contributed by atoms with Crippen LogP contribution in [-0.2, 0) is 19.1 Å². The Morgan fingerprint density at radius 1 is 1.11 bits per heavy atom. The summed E-state index contributed by atoms with van der Waals surface area (Å²) < 4.78 is 4.58. The van der Waals surface area contributed by atoms with Crippen molar-refractivity contribution >= 4 is 17.8 Å². The van der Waals surface area contributed by atoms with E-state index >= 15 is 0 Å². The van der Waals surface area contributed by atoms with Gasteiger partial charge in [-0.25, -0.2) is 0 Å². The summed E-state index contributed by atoms with van der Waals surface area (Å²) in [6.07, 6.45) is 0. The SMILES string of the molecule is COC(=O)CN(CC(=O)NCCNC(C)=O)C(C)C. The minimum atomic E-state index is -0.375. The van der Waals surface area contributed by atoms with Crippen LogP contribution in [0.4, 0.5) is 0 Å². The average molecular weight is 273 g/mol. The molecule has 0 bridgehead atoms. The van der Waals surface area contributed by atoms with Crippen LogP contribution in [0.25, 0.3) is 0 Å². The Labute approximate surface area is 113 Å². The van der Waals surface area contributed by atoms with Crippen molar-refractivity contribution in [2.24, 2.45) is 0 Å². The van der Waals surface area contributed by atoms with Gasteiger partial charge >= 0.3 is 5.97 Å². The van der Waals surface area contributed by atoms with E-state index in [0.717, 1.165) is 0 Å². The van der Waals surface area contributed by atoms with Crippen LogP contribution in [0.5, 0.6) is 0 Å². The van der Waals surface area contributed by atoms with Gasteiger partial charge < -0.3 is 15.4 Å². The van der Waals surface area contributed by atoms with Gasteiger partial charge in [0.25, 0.3) is 0 Å². The van der Waals surface area contributed by atoms with Crippen molar-refractivity contribution in [3.8, 4) is 0 Å². The van der Waals surface area contributed by atoms with E-state index < -0.39 is 0 Å². The Balaban J connectivity index is 4.03. The van der Waals surface area contributed by atoms with E-state index in [1.165, 1.54) is 14.0 Å². The number of nitrogens with zero attached hydrogens (tertiary/aromatic N) is 1. The highest BCUT2D eigenvalue weighted by Gasteiger charge is 2.17. The van der Waals surface area contributed by atoms with Crippen LogP contribution in [0.3, 0.4) is 0 Å². The number of rotatable bonds is 8. The predicted octanol–water partition coefficient (Wildman–Crippen LogP) is -0.878. The Kier molecular flexibility index (Phi) is 8.52. The van der Waals surface area contributed by atoms with Gasteiger partial charge in [0.1, 0.15) is 0 Å². The molecule has 0 aliphatic carbocycles. The number of hydrogen-bond acceptors (Lipinski definition) is 5. The van der Waals surface area contributed by atoms with Crippen LogP contribution in [0.15, 0.2) is 0 Å². The van der Waals surface area contributed by atoms with E-state index in [1.807, 2.05) is 13.8 Å². The smallest absolute Gasteiger partial charge is 0.319 e. The number of ether oxygens (including phenoxy) is 1. The molecule has 0 spiro atoms. The van der Waals surface area contributed by atoms with Gasteiger partial charge in [-0.2, -0.15) is 0 Å². The van der Waals surface area contributed by atoms with Crippen LogP contribution in [0.2, 0.25) is 0 Å². The molecule has 0 saturated carbocycles. The molecule has 7 nitrogen and oxygen atoms in total. The molecular formula is C12H23N3O4. The summed E-state index contributed by atoms with van der Waals surface area (Å²) in [5.41, 5.74) is 0. The molecular weight excluding hydrogens is 250 g/mol. The van der Waals surface area contributed by atoms with E-state index in [-0.39, 0.29) is 36.9 Å². The first-order valence-corrected chi connectivity index (χ1v) is 6.18. The van der Waals surface area contributed by atoms with Crippen molar-refractivity contribution in [3.63, 3.8) is 0 Å². The van der Waals surface area contributed by atoms with Gasteiger partial charge in [-0.15, -0.1) is 0 Å². The van der Waals surface area contributed by atoms with Crippen molar-refractivity contribution in [1.82, 2.24) is 15.5 Å². The number of esters is 1. The van der Waals surface area contributed by atoms with Gasteiger partial charge in [-0.3, -0.25) is 19.3 Å². The quantitative estimate of drug-likeness (QED) is 0.443. The number of hydrogen-bond donors (Lipinski definition) is 2. The lowest BCUT2D eigenvalue weighted by molar-refractivity contribution is -0.142. The summed E-state index contributed by atoms with van der Waals surface area (Å²) in [6.45, 7) is 6.15. The van der Waals surface area contributed by atoms with E-state index in [0.29, 0.717) is 13.1 Å². The van der Waals surface area contributed by atoms with Gasteiger partial charge in [0, 0.05) is 26.1 Å². The van der Waals surface area contributed by atoms with Crippen LogP contribution < -0.4 is 10.6 Å². The second kappa shape index (κ2) is 9.32. The Morgan fingerprint density at radius 2 is 1.68 bits per heavy atom. The molecule has 19 heavy (non-hydrogen) atoms. The summed E-state index contributed by atoms with van der Waals surface area (Å²) in [7, 11) is 1.31. The van der Waals surface area contributed by atoms with Crippen molar-refractivity contribution in [1.29, 1.82) is 0 Å². The number of methoxy groups -OCH3 is 1. The molecule has 0 aromatic heterocycles. The minimum absolute atomic E-state index is 0.0557. The summed E-state index contributed by atoms with van der Waals surface area (Å²) in [6, 6.07) is 0.0557. The van der Waals surface area contributed by atoms with Gasteiger partial charge in [-0.05, 0) is 13.8 Å². The molecule has 0 aliphatic heterocycles. The van der Waals surface area contributed by atoms with E-state index in [1.54, 1.807) is 4.90 Å². The summed E-state index contributed by atoms with van der Waals surface area (Å²) in [4.78, 5) is 35.2. The zero-order valence-electron chi connectivity index (χ0n) is 12.0. The Bertz CT molecular complexity index is 318. The van der Waals surface area contributed by atoms with Crippen molar-refractivity contribution in [2.75, 3.05) is 33.3 Å². The van der Waals surface area contributed by atoms with Crippen LogP contribution >= 0.6 is 0 Å². The van der Waals surface area contributed by atoms with Gasteiger partial charge in [0.2, 0.25) is 11.8 Å². The van der Waals surface area contributed by atoms with E-state index in [2.05, 4.69) is 15.4 Å². The molecule has 2 N–H and O–H groups in total. The lowest BCUT2D eigenvalue weighted by Gasteiger charge is -2.24. The van der Waals surface area contributed by atoms with E-state index in [9.17, 15) is 14.4 Å². The molecule has 0 aromatic rings. The van der Waals surface area contributed by atoms with Gasteiger partial charge in [-0.1, -0.05) is 0 Å². The molecule has 0 atom stereocenters. The van der Waals surface area contributed by atoms with Crippen molar-refractivity contribution in [2.45, 2.75) is 26.8 Å². The number of nitrogens with one attached hydrogen (secondary N) is 2. The third-order valence-electron chi connectivity index (χ3n) is 2.46. The highest BCUT2D eigenvalue weighted by molar-refractivity contribution is 5.79. The molecule has 7 heteroatoms. The number of carbonyl (C=O) groups excluding carboxylic acids is 3. The van der Waals surface area contributed by atoms with Crippen molar-refractivity contribution < 1.29 is 19.1 Å². The molecule has 0 fully saturated rings. The molecule has 0 aliphatic rings. The largest absolute Gasteiger partial charge is 0.468 e. The normalized spacial score (nSPS) is 10.4. The van der Waals surface area contributed by atoms with E-state index in [4.69, 9.17) is 0 Å². The maximum absolute atomic E-state index is 11.7. The molecule has 2 amide bonds. The molecule has 0 heterocycles. The first kappa shape index (κ1) is 17.4. The first-order chi connectivity index (χ1) is 8.86. The Hall–Kier alpha value is -1.63. The fourth-order valence-corrected chi connectivity index (χ4v) is 1.33.